The Hall–Kier alpha value is -1.72. The summed E-state index contributed by atoms with van der Waals surface area (Å²) in [5.41, 5.74) is 6.80. The molecule has 0 amide bonds. The molecule has 1 aromatic carbocycles. The molecule has 2 heterocycles. The average Bonchev–Trinajstić information content (AvgIpc) is 2.99. The van der Waals surface area contributed by atoms with Crippen LogP contribution in [0.1, 0.15) is 43.1 Å². The molecule has 106 valence electrons. The highest BCUT2D eigenvalue weighted by molar-refractivity contribution is 5.33. The second kappa shape index (κ2) is 5.34. The Kier molecular flexibility index (Phi) is 3.54. The minimum atomic E-state index is -0.246. The monoisotopic (exact) mass is 273 g/mol. The number of aromatic nitrogens is 2. The molecule has 1 aliphatic heterocycles. The van der Waals surface area contributed by atoms with Crippen LogP contribution in [0, 0.1) is 0 Å². The Morgan fingerprint density at radius 1 is 1.20 bits per heavy atom. The maximum Gasteiger partial charge on any atom is 0.243 e. The fourth-order valence-corrected chi connectivity index (χ4v) is 2.73. The van der Waals surface area contributed by atoms with Crippen LogP contribution in [0.5, 0.6) is 0 Å². The lowest BCUT2D eigenvalue weighted by Gasteiger charge is -2.34. The van der Waals surface area contributed by atoms with Crippen molar-refractivity contribution in [2.45, 2.75) is 31.2 Å². The summed E-state index contributed by atoms with van der Waals surface area (Å²) < 4.78 is 10.8. The zero-order valence-electron chi connectivity index (χ0n) is 11.6. The van der Waals surface area contributed by atoms with Crippen molar-refractivity contribution in [1.29, 1.82) is 0 Å². The summed E-state index contributed by atoms with van der Waals surface area (Å²) in [5, 5.41) is 4.19. The molecule has 20 heavy (non-hydrogen) atoms. The van der Waals surface area contributed by atoms with Crippen LogP contribution < -0.4 is 5.73 Å². The summed E-state index contributed by atoms with van der Waals surface area (Å²) in [7, 11) is 0. The standard InChI is InChI=1S/C15H19N3O2/c1-11(16)13-17-14(18-20-13)15(7-9-19-10-8-15)12-5-3-2-4-6-12/h2-6,11H,7-10,16H2,1H3/t11-/m0/s1. The molecule has 0 bridgehead atoms. The first-order valence-electron chi connectivity index (χ1n) is 6.95. The van der Waals surface area contributed by atoms with Crippen molar-refractivity contribution in [3.63, 3.8) is 0 Å². The zero-order valence-corrected chi connectivity index (χ0v) is 11.6. The molecule has 0 unspecified atom stereocenters. The van der Waals surface area contributed by atoms with Crippen LogP contribution in [0.2, 0.25) is 0 Å². The van der Waals surface area contributed by atoms with Crippen LogP contribution >= 0.6 is 0 Å². The molecule has 1 saturated heterocycles. The summed E-state index contributed by atoms with van der Waals surface area (Å²) in [5.74, 6) is 1.21. The third-order valence-corrected chi connectivity index (χ3v) is 3.93. The quantitative estimate of drug-likeness (QED) is 0.927. The Bertz CT molecular complexity index is 560. The highest BCUT2D eigenvalue weighted by Gasteiger charge is 2.40. The van der Waals surface area contributed by atoms with E-state index in [0.29, 0.717) is 19.1 Å². The van der Waals surface area contributed by atoms with E-state index in [4.69, 9.17) is 15.0 Å². The Balaban J connectivity index is 2.05. The van der Waals surface area contributed by atoms with E-state index in [-0.39, 0.29) is 11.5 Å². The minimum Gasteiger partial charge on any atom is -0.381 e. The molecule has 2 N–H and O–H groups in total. The van der Waals surface area contributed by atoms with Gasteiger partial charge < -0.3 is 15.0 Å². The van der Waals surface area contributed by atoms with Gasteiger partial charge in [-0.2, -0.15) is 4.98 Å². The van der Waals surface area contributed by atoms with Gasteiger partial charge in [-0.3, -0.25) is 0 Å². The van der Waals surface area contributed by atoms with E-state index in [1.54, 1.807) is 0 Å². The van der Waals surface area contributed by atoms with Crippen LogP contribution in [0.4, 0.5) is 0 Å². The van der Waals surface area contributed by atoms with Gasteiger partial charge in [-0.1, -0.05) is 35.5 Å². The Morgan fingerprint density at radius 3 is 2.50 bits per heavy atom. The average molecular weight is 273 g/mol. The van der Waals surface area contributed by atoms with Crippen molar-refractivity contribution in [2.75, 3.05) is 13.2 Å². The highest BCUT2D eigenvalue weighted by atomic mass is 16.5. The maximum absolute atomic E-state index is 5.82. The van der Waals surface area contributed by atoms with E-state index in [9.17, 15) is 0 Å². The lowest BCUT2D eigenvalue weighted by Crippen LogP contribution is -2.36. The lowest BCUT2D eigenvalue weighted by molar-refractivity contribution is 0.0597. The number of ether oxygens (including phenoxy) is 1. The van der Waals surface area contributed by atoms with Crippen molar-refractivity contribution in [2.24, 2.45) is 5.73 Å². The van der Waals surface area contributed by atoms with Gasteiger partial charge in [-0.15, -0.1) is 0 Å². The molecule has 0 radical (unpaired) electrons. The van der Waals surface area contributed by atoms with Gasteiger partial charge >= 0.3 is 0 Å². The van der Waals surface area contributed by atoms with E-state index in [0.717, 1.165) is 18.7 Å². The largest absolute Gasteiger partial charge is 0.381 e. The first-order chi connectivity index (χ1) is 9.72. The van der Waals surface area contributed by atoms with Gasteiger partial charge in [0.2, 0.25) is 5.89 Å². The van der Waals surface area contributed by atoms with E-state index in [1.807, 2.05) is 25.1 Å². The fraction of sp³-hybridized carbons (Fsp3) is 0.467. The van der Waals surface area contributed by atoms with Crippen molar-refractivity contribution in [3.8, 4) is 0 Å². The maximum atomic E-state index is 5.82. The molecular formula is C15H19N3O2. The second-order valence-electron chi connectivity index (χ2n) is 5.31. The van der Waals surface area contributed by atoms with Crippen LogP contribution in [0.25, 0.3) is 0 Å². The summed E-state index contributed by atoms with van der Waals surface area (Å²) in [6.45, 7) is 3.25. The number of hydrogen-bond donors (Lipinski definition) is 1. The first kappa shape index (κ1) is 13.3. The number of nitrogens with two attached hydrogens (primary N) is 1. The lowest BCUT2D eigenvalue weighted by atomic mass is 9.73. The predicted molar refractivity (Wildman–Crippen MR) is 74.2 cm³/mol. The molecule has 1 aliphatic rings. The van der Waals surface area contributed by atoms with E-state index in [2.05, 4.69) is 22.3 Å². The third kappa shape index (κ3) is 2.23. The van der Waals surface area contributed by atoms with Crippen LogP contribution in [0.15, 0.2) is 34.9 Å². The summed E-state index contributed by atoms with van der Waals surface area (Å²) in [6, 6.07) is 10.1. The molecule has 2 aromatic rings. The van der Waals surface area contributed by atoms with Gasteiger partial charge in [0.1, 0.15) is 0 Å². The van der Waals surface area contributed by atoms with Gasteiger partial charge in [-0.25, -0.2) is 0 Å². The van der Waals surface area contributed by atoms with Crippen LogP contribution in [0.3, 0.4) is 0 Å². The molecular weight excluding hydrogens is 254 g/mol. The molecule has 0 aliphatic carbocycles. The number of benzene rings is 1. The highest BCUT2D eigenvalue weighted by Crippen LogP contribution is 2.39. The molecule has 1 aromatic heterocycles. The zero-order chi connectivity index (χ0) is 14.0. The van der Waals surface area contributed by atoms with E-state index in [1.165, 1.54) is 5.56 Å². The number of rotatable bonds is 3. The van der Waals surface area contributed by atoms with Gasteiger partial charge in [0.25, 0.3) is 0 Å². The minimum absolute atomic E-state index is 0.226. The topological polar surface area (TPSA) is 74.2 Å². The molecule has 0 spiro atoms. The summed E-state index contributed by atoms with van der Waals surface area (Å²) in [6.07, 6.45) is 1.71. The van der Waals surface area contributed by atoms with Crippen LogP contribution in [-0.4, -0.2) is 23.4 Å². The van der Waals surface area contributed by atoms with Gasteiger partial charge in [0, 0.05) is 13.2 Å². The third-order valence-electron chi connectivity index (χ3n) is 3.93. The number of nitrogens with zero attached hydrogens (tertiary/aromatic N) is 2. The number of hydrogen-bond acceptors (Lipinski definition) is 5. The fourth-order valence-electron chi connectivity index (χ4n) is 2.73. The molecule has 1 fully saturated rings. The van der Waals surface area contributed by atoms with Crippen LogP contribution in [-0.2, 0) is 10.2 Å². The molecule has 0 saturated carbocycles. The molecule has 3 rings (SSSR count). The second-order valence-corrected chi connectivity index (χ2v) is 5.31. The summed E-state index contributed by atoms with van der Waals surface area (Å²) in [4.78, 5) is 4.52. The van der Waals surface area contributed by atoms with Gasteiger partial charge in [0.15, 0.2) is 5.82 Å². The Morgan fingerprint density at radius 2 is 1.90 bits per heavy atom. The normalized spacial score (nSPS) is 19.7. The molecule has 1 atom stereocenters. The Labute approximate surface area is 118 Å². The molecule has 5 nitrogen and oxygen atoms in total. The van der Waals surface area contributed by atoms with E-state index < -0.39 is 0 Å². The van der Waals surface area contributed by atoms with Crippen molar-refractivity contribution in [1.82, 2.24) is 10.1 Å². The van der Waals surface area contributed by atoms with Crippen molar-refractivity contribution in [3.05, 3.63) is 47.6 Å². The predicted octanol–water partition coefficient (Wildman–Crippen LogP) is 2.19. The van der Waals surface area contributed by atoms with Crippen molar-refractivity contribution >= 4 is 0 Å². The molecule has 5 heteroatoms. The first-order valence-corrected chi connectivity index (χ1v) is 6.95. The SMILES string of the molecule is C[C@H](N)c1nc(C2(c3ccccc3)CCOCC2)no1. The summed E-state index contributed by atoms with van der Waals surface area (Å²) >= 11 is 0. The van der Waals surface area contributed by atoms with Gasteiger partial charge in [0.05, 0.1) is 11.5 Å². The van der Waals surface area contributed by atoms with E-state index >= 15 is 0 Å². The smallest absolute Gasteiger partial charge is 0.243 e. The van der Waals surface area contributed by atoms with Gasteiger partial charge in [-0.05, 0) is 25.3 Å². The van der Waals surface area contributed by atoms with Crippen molar-refractivity contribution < 1.29 is 9.26 Å².